The topological polar surface area (TPSA) is 25.8 Å². The van der Waals surface area contributed by atoms with Gasteiger partial charge in [0.2, 0.25) is 0 Å². The van der Waals surface area contributed by atoms with Crippen LogP contribution in [0.1, 0.15) is 18.9 Å². The van der Waals surface area contributed by atoms with Gasteiger partial charge in [0, 0.05) is 11.6 Å². The Morgan fingerprint density at radius 1 is 1.19 bits per heavy atom. The Balaban J connectivity index is 2.36. The Labute approximate surface area is 100 Å². The molecule has 2 nitrogen and oxygen atoms in total. The zero-order valence-corrected chi connectivity index (χ0v) is 9.91. The molecule has 0 saturated heterocycles. The summed E-state index contributed by atoms with van der Waals surface area (Å²) in [5.41, 5.74) is 3.29. The van der Waals surface area contributed by atoms with Crippen LogP contribution in [0, 0.1) is 0 Å². The molecule has 0 radical (unpaired) electrons. The van der Waals surface area contributed by atoms with Crippen LogP contribution >= 0.6 is 11.6 Å². The first-order valence-electron chi connectivity index (χ1n) is 5.36. The lowest BCUT2D eigenvalue weighted by atomic mass is 10.0. The summed E-state index contributed by atoms with van der Waals surface area (Å²) in [5, 5.41) is 0.478. The Morgan fingerprint density at radius 3 is 2.81 bits per heavy atom. The maximum absolute atomic E-state index is 5.84. The summed E-state index contributed by atoms with van der Waals surface area (Å²) >= 11 is 5.84. The van der Waals surface area contributed by atoms with E-state index in [0.29, 0.717) is 5.15 Å². The average Bonchev–Trinajstić information content (AvgIpc) is 2.30. The monoisotopic (exact) mass is 232 g/mol. The molecule has 0 fully saturated rings. The molecule has 16 heavy (non-hydrogen) atoms. The molecule has 1 aromatic heterocycles. The van der Waals surface area contributed by atoms with Gasteiger partial charge < -0.3 is 0 Å². The number of aromatic nitrogens is 2. The fourth-order valence-corrected chi connectivity index (χ4v) is 1.81. The molecular formula is C13H13ClN2. The highest BCUT2D eigenvalue weighted by Gasteiger charge is 2.01. The minimum atomic E-state index is 0.478. The van der Waals surface area contributed by atoms with Crippen molar-refractivity contribution >= 4 is 11.6 Å². The van der Waals surface area contributed by atoms with Gasteiger partial charge >= 0.3 is 0 Å². The molecule has 0 aliphatic rings. The largest absolute Gasteiger partial charge is 0.236 e. The predicted molar refractivity (Wildman–Crippen MR) is 66.5 cm³/mol. The van der Waals surface area contributed by atoms with Crippen LogP contribution in [0.15, 0.2) is 36.7 Å². The van der Waals surface area contributed by atoms with Gasteiger partial charge in [0.15, 0.2) is 0 Å². The van der Waals surface area contributed by atoms with Gasteiger partial charge in [0.05, 0.1) is 5.69 Å². The molecule has 0 atom stereocenters. The minimum absolute atomic E-state index is 0.478. The number of benzene rings is 1. The highest BCUT2D eigenvalue weighted by molar-refractivity contribution is 6.29. The van der Waals surface area contributed by atoms with E-state index >= 15 is 0 Å². The third kappa shape index (κ3) is 2.58. The summed E-state index contributed by atoms with van der Waals surface area (Å²) in [6.45, 7) is 2.17. The molecule has 0 amide bonds. The zero-order chi connectivity index (χ0) is 11.4. The molecule has 1 heterocycles. The van der Waals surface area contributed by atoms with E-state index in [2.05, 4.69) is 35.1 Å². The standard InChI is InChI=1S/C13H13ClN2/c1-2-4-10-5-3-6-11(7-10)12-8-13(14)16-9-15-12/h3,5-9H,2,4H2,1H3. The lowest BCUT2D eigenvalue weighted by Gasteiger charge is -2.03. The average molecular weight is 233 g/mol. The molecule has 0 saturated carbocycles. The van der Waals surface area contributed by atoms with Crippen LogP contribution in [0.4, 0.5) is 0 Å². The molecule has 2 rings (SSSR count). The van der Waals surface area contributed by atoms with Crippen LogP contribution in [-0.4, -0.2) is 9.97 Å². The van der Waals surface area contributed by atoms with Crippen LogP contribution in [0.3, 0.4) is 0 Å². The second-order valence-corrected chi connectivity index (χ2v) is 4.06. The van der Waals surface area contributed by atoms with E-state index in [4.69, 9.17) is 11.6 Å². The highest BCUT2D eigenvalue weighted by Crippen LogP contribution is 2.20. The van der Waals surface area contributed by atoms with Crippen molar-refractivity contribution in [3.63, 3.8) is 0 Å². The van der Waals surface area contributed by atoms with E-state index in [-0.39, 0.29) is 0 Å². The van der Waals surface area contributed by atoms with Crippen molar-refractivity contribution in [3.05, 3.63) is 47.4 Å². The fourth-order valence-electron chi connectivity index (χ4n) is 1.67. The Bertz CT molecular complexity index is 483. The molecular weight excluding hydrogens is 220 g/mol. The molecule has 0 N–H and O–H groups in total. The van der Waals surface area contributed by atoms with Crippen LogP contribution < -0.4 is 0 Å². The molecule has 0 spiro atoms. The number of hydrogen-bond donors (Lipinski definition) is 0. The van der Waals surface area contributed by atoms with E-state index in [0.717, 1.165) is 24.1 Å². The Kier molecular flexibility index (Phi) is 3.52. The van der Waals surface area contributed by atoms with Crippen molar-refractivity contribution in [2.24, 2.45) is 0 Å². The first kappa shape index (κ1) is 11.1. The van der Waals surface area contributed by atoms with E-state index in [9.17, 15) is 0 Å². The van der Waals surface area contributed by atoms with Crippen LogP contribution in [-0.2, 0) is 6.42 Å². The van der Waals surface area contributed by atoms with Gasteiger partial charge in [-0.1, -0.05) is 43.1 Å². The van der Waals surface area contributed by atoms with Gasteiger partial charge in [0.1, 0.15) is 11.5 Å². The van der Waals surface area contributed by atoms with Crippen molar-refractivity contribution in [1.29, 1.82) is 0 Å². The summed E-state index contributed by atoms with van der Waals surface area (Å²) in [5.74, 6) is 0. The minimum Gasteiger partial charge on any atom is -0.236 e. The van der Waals surface area contributed by atoms with Crippen LogP contribution in [0.25, 0.3) is 11.3 Å². The highest BCUT2D eigenvalue weighted by atomic mass is 35.5. The first-order valence-corrected chi connectivity index (χ1v) is 5.74. The smallest absolute Gasteiger partial charge is 0.133 e. The van der Waals surface area contributed by atoms with Gasteiger partial charge in [-0.15, -0.1) is 0 Å². The third-order valence-electron chi connectivity index (χ3n) is 2.40. The van der Waals surface area contributed by atoms with Crippen molar-refractivity contribution in [2.75, 3.05) is 0 Å². The Hall–Kier alpha value is -1.41. The lowest BCUT2D eigenvalue weighted by Crippen LogP contribution is -1.88. The third-order valence-corrected chi connectivity index (χ3v) is 2.60. The van der Waals surface area contributed by atoms with Crippen LogP contribution in [0.2, 0.25) is 5.15 Å². The molecule has 82 valence electrons. The van der Waals surface area contributed by atoms with Crippen molar-refractivity contribution < 1.29 is 0 Å². The quantitative estimate of drug-likeness (QED) is 0.754. The molecule has 2 aromatic rings. The summed E-state index contributed by atoms with van der Waals surface area (Å²) in [6, 6.07) is 10.2. The Morgan fingerprint density at radius 2 is 2.06 bits per heavy atom. The van der Waals surface area contributed by atoms with E-state index < -0.39 is 0 Å². The number of halogens is 1. The second-order valence-electron chi connectivity index (χ2n) is 3.68. The van der Waals surface area contributed by atoms with E-state index in [1.54, 1.807) is 6.07 Å². The summed E-state index contributed by atoms with van der Waals surface area (Å²) < 4.78 is 0. The molecule has 0 bridgehead atoms. The van der Waals surface area contributed by atoms with Gasteiger partial charge in [0.25, 0.3) is 0 Å². The SMILES string of the molecule is CCCc1cccc(-c2cc(Cl)ncn2)c1. The number of nitrogens with zero attached hydrogens (tertiary/aromatic N) is 2. The van der Waals surface area contributed by atoms with Crippen molar-refractivity contribution in [3.8, 4) is 11.3 Å². The molecule has 3 heteroatoms. The van der Waals surface area contributed by atoms with Crippen molar-refractivity contribution in [2.45, 2.75) is 19.8 Å². The summed E-state index contributed by atoms with van der Waals surface area (Å²) in [7, 11) is 0. The lowest BCUT2D eigenvalue weighted by molar-refractivity contribution is 0.922. The molecule has 0 unspecified atom stereocenters. The molecule has 0 aliphatic carbocycles. The first-order chi connectivity index (χ1) is 7.79. The van der Waals surface area contributed by atoms with Crippen LogP contribution in [0.5, 0.6) is 0 Å². The maximum atomic E-state index is 5.84. The van der Waals surface area contributed by atoms with E-state index in [1.807, 2.05) is 6.07 Å². The summed E-state index contributed by atoms with van der Waals surface area (Å²) in [4.78, 5) is 8.09. The van der Waals surface area contributed by atoms with Crippen molar-refractivity contribution in [1.82, 2.24) is 9.97 Å². The van der Waals surface area contributed by atoms with Gasteiger partial charge in [-0.3, -0.25) is 0 Å². The van der Waals surface area contributed by atoms with Gasteiger partial charge in [-0.05, 0) is 18.1 Å². The summed E-state index contributed by atoms with van der Waals surface area (Å²) in [6.07, 6.45) is 3.73. The predicted octanol–water partition coefficient (Wildman–Crippen LogP) is 3.75. The van der Waals surface area contributed by atoms with Gasteiger partial charge in [-0.25, -0.2) is 9.97 Å². The van der Waals surface area contributed by atoms with E-state index in [1.165, 1.54) is 11.9 Å². The molecule has 0 aliphatic heterocycles. The maximum Gasteiger partial charge on any atom is 0.133 e. The number of hydrogen-bond acceptors (Lipinski definition) is 2. The normalized spacial score (nSPS) is 10.4. The second kappa shape index (κ2) is 5.08. The molecule has 1 aromatic carbocycles. The number of aryl methyl sites for hydroxylation is 1. The number of rotatable bonds is 3. The zero-order valence-electron chi connectivity index (χ0n) is 9.15. The fraction of sp³-hybridized carbons (Fsp3) is 0.231. The van der Waals surface area contributed by atoms with Gasteiger partial charge in [-0.2, -0.15) is 0 Å².